The van der Waals surface area contributed by atoms with Crippen molar-refractivity contribution in [2.45, 2.75) is 0 Å². The second-order valence-corrected chi connectivity index (χ2v) is 3.53. The van der Waals surface area contributed by atoms with Crippen LogP contribution in [0, 0.1) is 3.57 Å². The molecular weight excluding hydrogens is 265 g/mol. The van der Waals surface area contributed by atoms with E-state index in [1.54, 1.807) is 10.9 Å². The Balaban J connectivity index is 2.43. The first-order chi connectivity index (χ1) is 5.86. The minimum atomic E-state index is 0.848. The predicted octanol–water partition coefficient (Wildman–Crippen LogP) is 1.87. The molecule has 0 aromatic carbocycles. The largest absolute Gasteiger partial charge is 0.236 e. The van der Waals surface area contributed by atoms with Gasteiger partial charge in [0.2, 0.25) is 0 Å². The Kier molecular flexibility index (Phi) is 2.07. The zero-order valence-electron chi connectivity index (χ0n) is 6.18. The van der Waals surface area contributed by atoms with Gasteiger partial charge >= 0.3 is 0 Å². The number of rotatable bonds is 1. The summed E-state index contributed by atoms with van der Waals surface area (Å²) in [4.78, 5) is 4.21. The van der Waals surface area contributed by atoms with Crippen molar-refractivity contribution in [3.05, 3.63) is 40.4 Å². The van der Waals surface area contributed by atoms with Crippen LogP contribution in [0.4, 0.5) is 0 Å². The van der Waals surface area contributed by atoms with Crippen LogP contribution in [0.1, 0.15) is 0 Å². The molecule has 4 heteroatoms. The Morgan fingerprint density at radius 3 is 2.83 bits per heavy atom. The van der Waals surface area contributed by atoms with E-state index in [0.717, 1.165) is 9.39 Å². The van der Waals surface area contributed by atoms with Gasteiger partial charge < -0.3 is 0 Å². The summed E-state index contributed by atoms with van der Waals surface area (Å²) in [7, 11) is 0. The van der Waals surface area contributed by atoms with Crippen molar-refractivity contribution in [3.8, 4) is 5.82 Å². The lowest BCUT2D eigenvalue weighted by molar-refractivity contribution is 0.846. The maximum absolute atomic E-state index is 4.21. The second kappa shape index (κ2) is 3.22. The first kappa shape index (κ1) is 7.72. The van der Waals surface area contributed by atoms with Crippen LogP contribution in [0.3, 0.4) is 0 Å². The summed E-state index contributed by atoms with van der Waals surface area (Å²) in [5.41, 5.74) is 0. The van der Waals surface area contributed by atoms with E-state index in [2.05, 4.69) is 32.7 Å². The molecule has 0 spiro atoms. The summed E-state index contributed by atoms with van der Waals surface area (Å²) in [6.07, 6.45) is 5.42. The normalized spacial score (nSPS) is 10.1. The number of hydrogen-bond acceptors (Lipinski definition) is 2. The fraction of sp³-hybridized carbons (Fsp3) is 0. The lowest BCUT2D eigenvalue weighted by Crippen LogP contribution is -1.96. The van der Waals surface area contributed by atoms with Gasteiger partial charge in [-0.05, 0) is 40.8 Å². The summed E-state index contributed by atoms with van der Waals surface area (Å²) in [5.74, 6) is 0.848. The Morgan fingerprint density at radius 2 is 2.25 bits per heavy atom. The smallest absolute Gasteiger partial charge is 0.153 e. The summed E-state index contributed by atoms with van der Waals surface area (Å²) in [5, 5.41) is 4.07. The third kappa shape index (κ3) is 1.47. The van der Waals surface area contributed by atoms with Crippen LogP contribution in [-0.2, 0) is 0 Å². The molecule has 2 aromatic heterocycles. The molecule has 0 N–H and O–H groups in total. The SMILES string of the molecule is Ic1ccc(-n2cccn2)nc1. The molecule has 0 saturated carbocycles. The molecule has 0 radical (unpaired) electrons. The van der Waals surface area contributed by atoms with Gasteiger partial charge in [-0.2, -0.15) is 5.10 Å². The lowest BCUT2D eigenvalue weighted by Gasteiger charge is -1.98. The average molecular weight is 271 g/mol. The molecule has 0 bridgehead atoms. The molecule has 0 saturated heterocycles. The van der Waals surface area contributed by atoms with Gasteiger partial charge in [0, 0.05) is 22.2 Å². The van der Waals surface area contributed by atoms with Gasteiger partial charge in [-0.15, -0.1) is 0 Å². The van der Waals surface area contributed by atoms with Gasteiger partial charge in [-0.1, -0.05) is 0 Å². The van der Waals surface area contributed by atoms with E-state index in [-0.39, 0.29) is 0 Å². The van der Waals surface area contributed by atoms with Crippen molar-refractivity contribution in [2.75, 3.05) is 0 Å². The fourth-order valence-corrected chi connectivity index (χ4v) is 1.23. The molecule has 0 aliphatic rings. The molecule has 60 valence electrons. The van der Waals surface area contributed by atoms with E-state index in [0.29, 0.717) is 0 Å². The van der Waals surface area contributed by atoms with Crippen molar-refractivity contribution in [1.82, 2.24) is 14.8 Å². The van der Waals surface area contributed by atoms with Crippen molar-refractivity contribution >= 4 is 22.6 Å². The van der Waals surface area contributed by atoms with Crippen molar-refractivity contribution in [3.63, 3.8) is 0 Å². The molecule has 0 aliphatic heterocycles. The quantitative estimate of drug-likeness (QED) is 0.741. The lowest BCUT2D eigenvalue weighted by atomic mass is 10.5. The third-order valence-corrected chi connectivity index (χ3v) is 2.09. The van der Waals surface area contributed by atoms with Crippen LogP contribution >= 0.6 is 22.6 Å². The minimum Gasteiger partial charge on any atom is -0.236 e. The standard InChI is InChI=1S/C8H6IN3/c9-7-2-3-8(10-6-7)12-5-1-4-11-12/h1-6H. The van der Waals surface area contributed by atoms with Gasteiger partial charge in [0.15, 0.2) is 5.82 Å². The first-order valence-corrected chi connectivity index (χ1v) is 4.56. The van der Waals surface area contributed by atoms with Crippen LogP contribution < -0.4 is 0 Å². The maximum atomic E-state index is 4.21. The average Bonchev–Trinajstić information content (AvgIpc) is 2.58. The van der Waals surface area contributed by atoms with E-state index >= 15 is 0 Å². The first-order valence-electron chi connectivity index (χ1n) is 3.48. The van der Waals surface area contributed by atoms with Crippen LogP contribution in [0.25, 0.3) is 5.82 Å². The van der Waals surface area contributed by atoms with Crippen molar-refractivity contribution in [1.29, 1.82) is 0 Å². The Morgan fingerprint density at radius 1 is 1.33 bits per heavy atom. The van der Waals surface area contributed by atoms with Crippen molar-refractivity contribution < 1.29 is 0 Å². The van der Waals surface area contributed by atoms with Crippen molar-refractivity contribution in [2.24, 2.45) is 0 Å². The number of pyridine rings is 1. The van der Waals surface area contributed by atoms with E-state index in [1.165, 1.54) is 0 Å². The van der Waals surface area contributed by atoms with E-state index in [1.807, 2.05) is 30.6 Å². The highest BCUT2D eigenvalue weighted by Gasteiger charge is 1.95. The van der Waals surface area contributed by atoms with E-state index in [4.69, 9.17) is 0 Å². The molecule has 0 aliphatic carbocycles. The number of nitrogens with zero attached hydrogens (tertiary/aromatic N) is 3. The summed E-state index contributed by atoms with van der Waals surface area (Å²) >= 11 is 2.22. The van der Waals surface area contributed by atoms with Crippen LogP contribution in [0.2, 0.25) is 0 Å². The second-order valence-electron chi connectivity index (χ2n) is 2.29. The summed E-state index contributed by atoms with van der Waals surface area (Å²) in [6.45, 7) is 0. The Bertz CT molecular complexity index is 352. The van der Waals surface area contributed by atoms with Gasteiger partial charge in [0.1, 0.15) is 0 Å². The minimum absolute atomic E-state index is 0.848. The van der Waals surface area contributed by atoms with E-state index in [9.17, 15) is 0 Å². The molecule has 3 nitrogen and oxygen atoms in total. The predicted molar refractivity (Wildman–Crippen MR) is 54.1 cm³/mol. The highest BCUT2D eigenvalue weighted by Crippen LogP contribution is 2.05. The fourth-order valence-electron chi connectivity index (χ4n) is 0.908. The maximum Gasteiger partial charge on any atom is 0.153 e. The molecule has 0 fully saturated rings. The highest BCUT2D eigenvalue weighted by molar-refractivity contribution is 14.1. The van der Waals surface area contributed by atoms with Gasteiger partial charge in [-0.25, -0.2) is 9.67 Å². The zero-order valence-corrected chi connectivity index (χ0v) is 8.34. The summed E-state index contributed by atoms with van der Waals surface area (Å²) < 4.78 is 2.86. The third-order valence-electron chi connectivity index (χ3n) is 1.45. The Hall–Kier alpha value is -0.910. The molecule has 12 heavy (non-hydrogen) atoms. The monoisotopic (exact) mass is 271 g/mol. The zero-order chi connectivity index (χ0) is 8.39. The molecule has 2 rings (SSSR count). The highest BCUT2D eigenvalue weighted by atomic mass is 127. The molecule has 0 amide bonds. The number of hydrogen-bond donors (Lipinski definition) is 0. The topological polar surface area (TPSA) is 30.7 Å². The molecule has 0 atom stereocenters. The number of aromatic nitrogens is 3. The molecule has 2 heterocycles. The van der Waals surface area contributed by atoms with Gasteiger partial charge in [0.25, 0.3) is 0 Å². The van der Waals surface area contributed by atoms with Gasteiger partial charge in [0.05, 0.1) is 0 Å². The molecular formula is C8H6IN3. The Labute approximate surface area is 83.6 Å². The van der Waals surface area contributed by atoms with Gasteiger partial charge in [-0.3, -0.25) is 0 Å². The van der Waals surface area contributed by atoms with Crippen LogP contribution in [-0.4, -0.2) is 14.8 Å². The molecule has 2 aromatic rings. The van der Waals surface area contributed by atoms with E-state index < -0.39 is 0 Å². The molecule has 0 unspecified atom stereocenters. The number of halogens is 1. The summed E-state index contributed by atoms with van der Waals surface area (Å²) in [6, 6.07) is 5.82. The van der Waals surface area contributed by atoms with Crippen LogP contribution in [0.5, 0.6) is 0 Å². The van der Waals surface area contributed by atoms with Crippen LogP contribution in [0.15, 0.2) is 36.8 Å².